The Hall–Kier alpha value is -1.41. The topological polar surface area (TPSA) is 73.8 Å². The summed E-state index contributed by atoms with van der Waals surface area (Å²) < 4.78 is 1.42. The molecule has 0 spiro atoms. The predicted molar refractivity (Wildman–Crippen MR) is 67.5 cm³/mol. The van der Waals surface area contributed by atoms with E-state index in [1.165, 1.54) is 22.1 Å². The van der Waals surface area contributed by atoms with Gasteiger partial charge < -0.3 is 10.1 Å². The highest BCUT2D eigenvalue weighted by Gasteiger charge is 2.25. The molecule has 1 unspecified atom stereocenters. The Morgan fingerprint density at radius 2 is 2.24 bits per heavy atom. The summed E-state index contributed by atoms with van der Waals surface area (Å²) >= 11 is 5.92. The fourth-order valence-corrected chi connectivity index (χ4v) is 2.67. The maximum absolute atomic E-state index is 10.7. The van der Waals surface area contributed by atoms with Gasteiger partial charge in [0, 0.05) is 11.1 Å². The molecule has 0 N–H and O–H groups in total. The van der Waals surface area contributed by atoms with Crippen LogP contribution in [-0.4, -0.2) is 19.5 Å². The first kappa shape index (κ1) is 12.1. The van der Waals surface area contributed by atoms with E-state index in [0.29, 0.717) is 5.82 Å². The van der Waals surface area contributed by atoms with Crippen LogP contribution in [0.1, 0.15) is 21.0 Å². The smallest absolute Gasteiger partial charge is 0.342 e. The Labute approximate surface area is 107 Å². The minimum Gasteiger partial charge on any atom is -0.358 e. The van der Waals surface area contributed by atoms with Gasteiger partial charge >= 0.3 is 5.82 Å². The van der Waals surface area contributed by atoms with Gasteiger partial charge in [0.2, 0.25) is 5.82 Å². The first-order valence-electron chi connectivity index (χ1n) is 4.77. The number of aryl methyl sites for hydroxylation is 1. The van der Waals surface area contributed by atoms with Crippen molar-refractivity contribution in [3.63, 3.8) is 0 Å². The van der Waals surface area contributed by atoms with Crippen LogP contribution < -0.4 is 0 Å². The maximum atomic E-state index is 10.7. The molecule has 0 aliphatic heterocycles. The van der Waals surface area contributed by atoms with E-state index in [0.717, 1.165) is 9.88 Å². The molecule has 0 saturated carbocycles. The Morgan fingerprint density at radius 1 is 1.53 bits per heavy atom. The van der Waals surface area contributed by atoms with Gasteiger partial charge in [0.25, 0.3) is 0 Å². The van der Waals surface area contributed by atoms with Gasteiger partial charge in [-0.05, 0) is 11.8 Å². The lowest BCUT2D eigenvalue weighted by Gasteiger charge is -2.03. The Balaban J connectivity index is 2.38. The van der Waals surface area contributed by atoms with E-state index < -0.39 is 4.92 Å². The fraction of sp³-hybridized carbons (Fsp3) is 0.333. The number of nitrogens with zero attached hydrogens (tertiary/aromatic N) is 4. The molecule has 1 atom stereocenters. The molecule has 0 fully saturated rings. The summed E-state index contributed by atoms with van der Waals surface area (Å²) in [6.45, 7) is 1.95. The van der Waals surface area contributed by atoms with E-state index in [2.05, 4.69) is 22.6 Å². The molecule has 0 aromatic carbocycles. The molecular formula is C9H10N4O2S2. The Bertz CT molecular complexity index is 563. The minimum absolute atomic E-state index is 0.0488. The van der Waals surface area contributed by atoms with Crippen molar-refractivity contribution in [3.05, 3.63) is 38.2 Å². The maximum Gasteiger partial charge on any atom is 0.342 e. The molecule has 0 amide bonds. The molecule has 2 aromatic rings. The Morgan fingerprint density at radius 3 is 2.71 bits per heavy atom. The molecule has 0 radical (unpaired) electrons. The zero-order chi connectivity index (χ0) is 12.6. The van der Waals surface area contributed by atoms with E-state index in [1.54, 1.807) is 13.2 Å². The highest BCUT2D eigenvalue weighted by atomic mass is 32.1. The van der Waals surface area contributed by atoms with Crippen LogP contribution >= 0.6 is 24.0 Å². The highest BCUT2D eigenvalue weighted by molar-refractivity contribution is 7.80. The molecule has 8 heteroatoms. The van der Waals surface area contributed by atoms with Crippen LogP contribution in [0.2, 0.25) is 0 Å². The third kappa shape index (κ3) is 2.18. The molecule has 2 aromatic heterocycles. The first-order chi connectivity index (χ1) is 8.00. The van der Waals surface area contributed by atoms with Gasteiger partial charge in [0.15, 0.2) is 0 Å². The van der Waals surface area contributed by atoms with E-state index in [-0.39, 0.29) is 11.1 Å². The van der Waals surface area contributed by atoms with Gasteiger partial charge in [-0.25, -0.2) is 14.5 Å². The summed E-state index contributed by atoms with van der Waals surface area (Å²) in [6.07, 6.45) is 2.99. The number of hydrogen-bond donors (Lipinski definition) is 1. The minimum atomic E-state index is -0.468. The van der Waals surface area contributed by atoms with Gasteiger partial charge in [-0.15, -0.1) is 11.3 Å². The average Bonchev–Trinajstić information content (AvgIpc) is 2.83. The lowest BCUT2D eigenvalue weighted by molar-refractivity contribution is -0.391. The van der Waals surface area contributed by atoms with E-state index in [4.69, 9.17) is 0 Å². The van der Waals surface area contributed by atoms with Crippen LogP contribution in [0.3, 0.4) is 0 Å². The molecule has 2 rings (SSSR count). The lowest BCUT2D eigenvalue weighted by atomic mass is 10.4. The number of thiazole rings is 1. The van der Waals surface area contributed by atoms with E-state index in [1.807, 2.05) is 6.92 Å². The van der Waals surface area contributed by atoms with Gasteiger partial charge in [-0.1, -0.05) is 0 Å². The number of thiol groups is 1. The quantitative estimate of drug-likeness (QED) is 0.526. The van der Waals surface area contributed by atoms with Crippen molar-refractivity contribution >= 4 is 29.8 Å². The summed E-state index contributed by atoms with van der Waals surface area (Å²) in [5.41, 5.74) is 0. The second-order valence-corrected chi connectivity index (χ2v) is 5.29. The third-order valence-corrected chi connectivity index (χ3v) is 3.93. The first-order valence-corrected chi connectivity index (χ1v) is 6.10. The predicted octanol–water partition coefficient (Wildman–Crippen LogP) is 2.11. The lowest BCUT2D eigenvalue weighted by Crippen LogP contribution is -2.05. The standard InChI is InChI=1S/C9H10N4O2S2/c1-5-3-11-9(17-5)7(16)8-10-4-6(12(8)2)13(14)15/h3-4,7,16H,1-2H3. The highest BCUT2D eigenvalue weighted by Crippen LogP contribution is 2.31. The normalized spacial score (nSPS) is 12.6. The zero-order valence-corrected chi connectivity index (χ0v) is 10.9. The third-order valence-electron chi connectivity index (χ3n) is 2.30. The van der Waals surface area contributed by atoms with Crippen LogP contribution in [0, 0.1) is 17.0 Å². The van der Waals surface area contributed by atoms with Crippen molar-refractivity contribution in [2.24, 2.45) is 7.05 Å². The summed E-state index contributed by atoms with van der Waals surface area (Å²) in [4.78, 5) is 19.5. The summed E-state index contributed by atoms with van der Waals surface area (Å²) in [7, 11) is 1.60. The van der Waals surface area contributed by atoms with Crippen molar-refractivity contribution in [1.29, 1.82) is 0 Å². The monoisotopic (exact) mass is 270 g/mol. The molecule has 0 saturated heterocycles. The molecule has 2 heterocycles. The van der Waals surface area contributed by atoms with Crippen LogP contribution in [0.25, 0.3) is 0 Å². The van der Waals surface area contributed by atoms with E-state index in [9.17, 15) is 10.1 Å². The van der Waals surface area contributed by atoms with Crippen LogP contribution in [0.15, 0.2) is 12.4 Å². The largest absolute Gasteiger partial charge is 0.358 e. The molecule has 0 aliphatic carbocycles. The number of aromatic nitrogens is 3. The van der Waals surface area contributed by atoms with Crippen LogP contribution in [0.4, 0.5) is 5.82 Å². The fourth-order valence-electron chi connectivity index (χ4n) is 1.45. The second kappa shape index (κ2) is 4.46. The van der Waals surface area contributed by atoms with Crippen molar-refractivity contribution < 1.29 is 4.92 Å². The Kier molecular flexibility index (Phi) is 3.16. The summed E-state index contributed by atoms with van der Waals surface area (Å²) in [6, 6.07) is 0. The molecule has 6 nitrogen and oxygen atoms in total. The molecule has 90 valence electrons. The number of hydrogen-bond acceptors (Lipinski definition) is 6. The zero-order valence-electron chi connectivity index (χ0n) is 9.19. The average molecular weight is 270 g/mol. The van der Waals surface area contributed by atoms with Crippen molar-refractivity contribution in [2.75, 3.05) is 0 Å². The SMILES string of the molecule is Cc1cnc(C(S)c2ncc([N+](=O)[O-])n2C)s1. The van der Waals surface area contributed by atoms with Gasteiger partial charge in [-0.2, -0.15) is 12.6 Å². The summed E-state index contributed by atoms with van der Waals surface area (Å²) in [5, 5.41) is 11.2. The summed E-state index contributed by atoms with van der Waals surface area (Å²) in [5.74, 6) is 0.474. The molecule has 0 bridgehead atoms. The van der Waals surface area contributed by atoms with Crippen molar-refractivity contribution in [1.82, 2.24) is 14.5 Å². The number of imidazole rings is 1. The van der Waals surface area contributed by atoms with Gasteiger partial charge in [-0.3, -0.25) is 0 Å². The van der Waals surface area contributed by atoms with Crippen LogP contribution in [-0.2, 0) is 7.05 Å². The van der Waals surface area contributed by atoms with E-state index >= 15 is 0 Å². The van der Waals surface area contributed by atoms with Crippen molar-refractivity contribution in [2.45, 2.75) is 12.2 Å². The molecule has 0 aliphatic rings. The second-order valence-electron chi connectivity index (χ2n) is 3.50. The van der Waals surface area contributed by atoms with Crippen LogP contribution in [0.5, 0.6) is 0 Å². The number of nitro groups is 1. The van der Waals surface area contributed by atoms with Gasteiger partial charge in [0.1, 0.15) is 16.5 Å². The molecule has 17 heavy (non-hydrogen) atoms. The van der Waals surface area contributed by atoms with Crippen molar-refractivity contribution in [3.8, 4) is 0 Å². The molecular weight excluding hydrogens is 260 g/mol. The number of rotatable bonds is 3. The van der Waals surface area contributed by atoms with Gasteiger partial charge in [0.05, 0.1) is 7.05 Å².